The topological polar surface area (TPSA) is 106 Å². The number of nitrogens with zero attached hydrogens (tertiary/aromatic N) is 8. The van der Waals surface area contributed by atoms with Crippen molar-refractivity contribution in [3.05, 3.63) is 54.7 Å². The molecule has 3 saturated heterocycles. The van der Waals surface area contributed by atoms with Gasteiger partial charge in [-0.3, -0.25) is 4.90 Å². The Morgan fingerprint density at radius 2 is 1.85 bits per heavy atom. The van der Waals surface area contributed by atoms with Gasteiger partial charge in [-0.1, -0.05) is 6.07 Å². The minimum Gasteiger partial charge on any atom is -0.395 e. The second kappa shape index (κ2) is 9.97. The van der Waals surface area contributed by atoms with Crippen LogP contribution in [0.3, 0.4) is 0 Å². The molecule has 3 aromatic heterocycles. The number of piperazine rings is 1. The zero-order valence-electron chi connectivity index (χ0n) is 21.5. The van der Waals surface area contributed by atoms with Crippen LogP contribution in [0.4, 0.5) is 27.8 Å². The van der Waals surface area contributed by atoms with Gasteiger partial charge in [0.2, 0.25) is 11.9 Å². The number of aliphatic hydroxyl groups is 1. The van der Waals surface area contributed by atoms with Crippen molar-refractivity contribution in [2.24, 2.45) is 0 Å². The first kappa shape index (κ1) is 24.1. The second-order valence-corrected chi connectivity index (χ2v) is 10.5. The van der Waals surface area contributed by atoms with Gasteiger partial charge in [-0.25, -0.2) is 29.3 Å². The third-order valence-electron chi connectivity index (χ3n) is 8.01. The van der Waals surface area contributed by atoms with E-state index in [-0.39, 0.29) is 12.3 Å². The van der Waals surface area contributed by atoms with Crippen LogP contribution >= 0.6 is 0 Å². The van der Waals surface area contributed by atoms with Gasteiger partial charge in [-0.05, 0) is 43.5 Å². The van der Waals surface area contributed by atoms with Crippen LogP contribution in [0, 0.1) is 5.82 Å². The van der Waals surface area contributed by atoms with Crippen molar-refractivity contribution in [1.82, 2.24) is 29.8 Å². The summed E-state index contributed by atoms with van der Waals surface area (Å²) in [4.78, 5) is 29.4. The molecule has 0 saturated carbocycles. The number of hydrogen-bond acceptors (Lipinski definition) is 10. The fraction of sp³-hybridized carbons (Fsp3) is 0.393. The van der Waals surface area contributed by atoms with Crippen LogP contribution in [0.1, 0.15) is 19.3 Å². The molecule has 2 atom stereocenters. The molecule has 200 valence electrons. The summed E-state index contributed by atoms with van der Waals surface area (Å²) in [6.07, 6.45) is 8.16. The fourth-order valence-electron chi connectivity index (χ4n) is 6.06. The molecule has 0 radical (unpaired) electrons. The minimum absolute atomic E-state index is 0.198. The third kappa shape index (κ3) is 4.61. The lowest BCUT2D eigenvalue weighted by molar-refractivity contribution is 0.177. The summed E-state index contributed by atoms with van der Waals surface area (Å²) < 4.78 is 14.8. The molecule has 0 amide bonds. The van der Waals surface area contributed by atoms with E-state index < -0.39 is 5.82 Å². The molecular formula is C28H30FN9O. The van der Waals surface area contributed by atoms with Gasteiger partial charge in [0, 0.05) is 62.0 Å². The predicted molar refractivity (Wildman–Crippen MR) is 148 cm³/mol. The van der Waals surface area contributed by atoms with Gasteiger partial charge in [-0.2, -0.15) is 0 Å². The van der Waals surface area contributed by atoms with E-state index in [0.29, 0.717) is 23.6 Å². The van der Waals surface area contributed by atoms with Crippen molar-refractivity contribution in [3.8, 4) is 11.3 Å². The summed E-state index contributed by atoms with van der Waals surface area (Å²) >= 11 is 0. The second-order valence-electron chi connectivity index (χ2n) is 10.5. The molecule has 39 heavy (non-hydrogen) atoms. The molecule has 6 heterocycles. The molecule has 3 aliphatic rings. The highest BCUT2D eigenvalue weighted by molar-refractivity contribution is 5.84. The summed E-state index contributed by atoms with van der Waals surface area (Å²) in [5.41, 5.74) is 2.39. The highest BCUT2D eigenvalue weighted by Gasteiger charge is 2.43. The van der Waals surface area contributed by atoms with Crippen molar-refractivity contribution < 1.29 is 9.50 Å². The number of anilines is 4. The zero-order valence-corrected chi connectivity index (χ0v) is 21.5. The van der Waals surface area contributed by atoms with E-state index in [1.165, 1.54) is 6.20 Å². The Labute approximate surface area is 225 Å². The standard InChI is InChI=1S/C28H30FN9O/c29-23-15-31-27(33-20-4-6-25(30-14-20)38-17-21-12-22(38)16-37(21)9-10-39)35-26(23)18-3-5-24-19(11-18)13-32-28(34-24)36-7-1-2-8-36/h3-6,11,13-15,21-22,39H,1-2,7-10,12,16-17H2,(H,31,33,35)/t21-,22-/m0/s1. The molecule has 2 N–H and O–H groups in total. The predicted octanol–water partition coefficient (Wildman–Crippen LogP) is 3.22. The Kier molecular flexibility index (Phi) is 6.16. The van der Waals surface area contributed by atoms with Gasteiger partial charge in [-0.15, -0.1) is 0 Å². The molecule has 0 aliphatic carbocycles. The van der Waals surface area contributed by atoms with E-state index in [1.807, 2.05) is 30.3 Å². The lowest BCUT2D eigenvalue weighted by atomic mass is 10.1. The van der Waals surface area contributed by atoms with Crippen LogP contribution in [0.25, 0.3) is 22.2 Å². The molecule has 2 bridgehead atoms. The van der Waals surface area contributed by atoms with Crippen molar-refractivity contribution in [2.45, 2.75) is 31.3 Å². The van der Waals surface area contributed by atoms with Gasteiger partial charge in [0.1, 0.15) is 11.5 Å². The van der Waals surface area contributed by atoms with Gasteiger partial charge in [0.25, 0.3) is 0 Å². The van der Waals surface area contributed by atoms with Crippen molar-refractivity contribution in [3.63, 3.8) is 0 Å². The Balaban J connectivity index is 1.07. The lowest BCUT2D eigenvalue weighted by Crippen LogP contribution is -2.47. The van der Waals surface area contributed by atoms with E-state index in [0.717, 1.165) is 80.3 Å². The molecule has 3 fully saturated rings. The molecule has 0 spiro atoms. The SMILES string of the molecule is OCCN1C[C@@H]2C[C@H]1CN2c1ccc(Nc2ncc(F)c(-c3ccc4nc(N5CCCC5)ncc4c3)n2)cn1. The highest BCUT2D eigenvalue weighted by atomic mass is 19.1. The Morgan fingerprint density at radius 1 is 0.949 bits per heavy atom. The first-order valence-electron chi connectivity index (χ1n) is 13.5. The number of halogens is 1. The minimum atomic E-state index is -0.498. The van der Waals surface area contributed by atoms with Crippen LogP contribution in [0.2, 0.25) is 0 Å². The number of fused-ring (bicyclic) bond motifs is 3. The Morgan fingerprint density at radius 3 is 2.62 bits per heavy atom. The summed E-state index contributed by atoms with van der Waals surface area (Å²) in [5, 5.41) is 13.2. The molecular weight excluding hydrogens is 497 g/mol. The Bertz CT molecular complexity index is 1490. The number of likely N-dealkylation sites (tertiary alicyclic amines) is 1. The van der Waals surface area contributed by atoms with E-state index in [9.17, 15) is 9.50 Å². The first-order chi connectivity index (χ1) is 19.1. The normalized spacial score (nSPS) is 20.9. The van der Waals surface area contributed by atoms with Crippen molar-refractivity contribution >= 4 is 34.3 Å². The average Bonchev–Trinajstić information content (AvgIpc) is 3.73. The van der Waals surface area contributed by atoms with Gasteiger partial charge in [0.05, 0.1) is 30.2 Å². The van der Waals surface area contributed by atoms with E-state index in [4.69, 9.17) is 4.98 Å². The number of aromatic nitrogens is 5. The fourth-order valence-corrected chi connectivity index (χ4v) is 6.06. The average molecular weight is 528 g/mol. The van der Waals surface area contributed by atoms with E-state index in [1.54, 1.807) is 12.4 Å². The molecule has 4 aromatic rings. The zero-order chi connectivity index (χ0) is 26.3. The maximum Gasteiger partial charge on any atom is 0.227 e. The number of nitrogens with one attached hydrogen (secondary N) is 1. The summed E-state index contributed by atoms with van der Waals surface area (Å²) in [5.74, 6) is 1.47. The summed E-state index contributed by atoms with van der Waals surface area (Å²) in [6.45, 7) is 4.77. The van der Waals surface area contributed by atoms with E-state index >= 15 is 0 Å². The number of β-amino-alcohol motifs (C(OH)–C–C–N with tert-alkyl or cyclic N) is 1. The number of aliphatic hydroxyl groups excluding tert-OH is 1. The summed E-state index contributed by atoms with van der Waals surface area (Å²) in [6, 6.07) is 10.4. The van der Waals surface area contributed by atoms with Gasteiger partial charge >= 0.3 is 0 Å². The molecule has 0 unspecified atom stereocenters. The number of hydrogen-bond donors (Lipinski definition) is 2. The molecule has 10 nitrogen and oxygen atoms in total. The summed E-state index contributed by atoms with van der Waals surface area (Å²) in [7, 11) is 0. The number of rotatable bonds is 7. The maximum absolute atomic E-state index is 14.8. The van der Waals surface area contributed by atoms with Crippen LogP contribution in [-0.4, -0.2) is 86.3 Å². The maximum atomic E-state index is 14.8. The largest absolute Gasteiger partial charge is 0.395 e. The number of benzene rings is 1. The monoisotopic (exact) mass is 527 g/mol. The van der Waals surface area contributed by atoms with Crippen LogP contribution in [0.5, 0.6) is 0 Å². The molecule has 1 aromatic carbocycles. The van der Waals surface area contributed by atoms with Crippen molar-refractivity contribution in [1.29, 1.82) is 0 Å². The van der Waals surface area contributed by atoms with Crippen molar-refractivity contribution in [2.75, 3.05) is 54.4 Å². The molecule has 7 rings (SSSR count). The van der Waals surface area contributed by atoms with E-state index in [2.05, 4.69) is 40.0 Å². The lowest BCUT2D eigenvalue weighted by Gasteiger charge is -2.34. The third-order valence-corrected chi connectivity index (χ3v) is 8.01. The van der Waals surface area contributed by atoms with Crippen LogP contribution in [0.15, 0.2) is 48.9 Å². The van der Waals surface area contributed by atoms with Crippen LogP contribution < -0.4 is 15.1 Å². The Hall–Kier alpha value is -3.96. The van der Waals surface area contributed by atoms with Gasteiger partial charge in [0.15, 0.2) is 5.82 Å². The molecule has 3 aliphatic heterocycles. The van der Waals surface area contributed by atoms with Crippen LogP contribution in [-0.2, 0) is 0 Å². The smallest absolute Gasteiger partial charge is 0.227 e. The van der Waals surface area contributed by atoms with Gasteiger partial charge < -0.3 is 20.2 Å². The molecule has 11 heteroatoms. The number of pyridine rings is 1. The quantitative estimate of drug-likeness (QED) is 0.372. The first-order valence-corrected chi connectivity index (χ1v) is 13.5. The highest BCUT2D eigenvalue weighted by Crippen LogP contribution is 2.34.